The van der Waals surface area contributed by atoms with Crippen LogP contribution in [0.2, 0.25) is 4.47 Å². The summed E-state index contributed by atoms with van der Waals surface area (Å²) in [6.45, 7) is 1.77. The zero-order chi connectivity index (χ0) is 18.5. The van der Waals surface area contributed by atoms with Crippen molar-refractivity contribution >= 4 is 40.7 Å². The summed E-state index contributed by atoms with van der Waals surface area (Å²) in [4.78, 5) is 21.9. The first kappa shape index (κ1) is 18.1. The van der Waals surface area contributed by atoms with Crippen molar-refractivity contribution in [3.05, 3.63) is 69.1 Å². The normalized spacial score (nSPS) is 10.9. The minimum absolute atomic E-state index is 0.226. The van der Waals surface area contributed by atoms with Crippen molar-refractivity contribution in [2.75, 3.05) is 12.4 Å². The Bertz CT molecular complexity index is 969. The highest BCUT2D eigenvalue weighted by atomic mass is 35.5. The highest BCUT2D eigenvalue weighted by Crippen LogP contribution is 2.30. The molecule has 3 aromatic rings. The summed E-state index contributed by atoms with van der Waals surface area (Å²) in [6.07, 6.45) is 1.63. The van der Waals surface area contributed by atoms with Crippen LogP contribution >= 0.6 is 22.9 Å². The number of amides is 1. The highest BCUT2D eigenvalue weighted by Gasteiger charge is 2.16. The molecule has 0 aliphatic rings. The number of aryl methyl sites for hydroxylation is 1. The van der Waals surface area contributed by atoms with Gasteiger partial charge in [0.05, 0.1) is 11.9 Å². The topological polar surface area (TPSA) is 63.6 Å². The lowest BCUT2D eigenvalue weighted by Crippen LogP contribution is -2.12. The van der Waals surface area contributed by atoms with Crippen LogP contribution in [0, 0.1) is 6.92 Å². The Kier molecular flexibility index (Phi) is 5.65. The number of thiazole rings is 1. The van der Waals surface area contributed by atoms with Crippen LogP contribution in [0.3, 0.4) is 0 Å². The second-order valence-corrected chi connectivity index (χ2v) is 7.00. The van der Waals surface area contributed by atoms with Gasteiger partial charge in [-0.2, -0.15) is 0 Å². The smallest absolute Gasteiger partial charge is 0.267 e. The molecule has 0 radical (unpaired) electrons. The van der Waals surface area contributed by atoms with Gasteiger partial charge in [0.25, 0.3) is 5.91 Å². The number of nitrogens with zero attached hydrogens (tertiary/aromatic N) is 2. The zero-order valence-electron chi connectivity index (χ0n) is 14.2. The van der Waals surface area contributed by atoms with Crippen molar-refractivity contribution in [2.24, 2.45) is 5.16 Å². The molecule has 0 saturated carbocycles. The van der Waals surface area contributed by atoms with Crippen LogP contribution in [0.4, 0.5) is 5.69 Å². The molecule has 1 heterocycles. The number of para-hydroxylation sites is 1. The molecule has 0 bridgehead atoms. The van der Waals surface area contributed by atoms with E-state index in [9.17, 15) is 4.79 Å². The lowest BCUT2D eigenvalue weighted by molar-refractivity contribution is 0.103. The molecule has 0 aliphatic heterocycles. The van der Waals surface area contributed by atoms with Gasteiger partial charge in [-0.15, -0.1) is 0 Å². The number of hydrogen-bond donors (Lipinski definition) is 1. The summed E-state index contributed by atoms with van der Waals surface area (Å²) in [5.41, 5.74) is 4.09. The van der Waals surface area contributed by atoms with E-state index in [4.69, 9.17) is 16.4 Å². The Morgan fingerprint density at radius 2 is 2.08 bits per heavy atom. The summed E-state index contributed by atoms with van der Waals surface area (Å²) in [5, 5.41) is 6.74. The molecule has 1 amide bonds. The van der Waals surface area contributed by atoms with Gasteiger partial charge in [0.1, 0.15) is 12.0 Å². The van der Waals surface area contributed by atoms with Crippen molar-refractivity contribution in [1.29, 1.82) is 0 Å². The van der Waals surface area contributed by atoms with Crippen LogP contribution in [0.15, 0.2) is 53.7 Å². The van der Waals surface area contributed by atoms with E-state index in [1.54, 1.807) is 13.1 Å². The molecule has 0 spiro atoms. The maximum atomic E-state index is 12.6. The van der Waals surface area contributed by atoms with E-state index >= 15 is 0 Å². The van der Waals surface area contributed by atoms with Gasteiger partial charge in [-0.1, -0.05) is 64.5 Å². The van der Waals surface area contributed by atoms with Crippen LogP contribution in [-0.4, -0.2) is 24.2 Å². The Hall–Kier alpha value is -2.70. The molecule has 26 heavy (non-hydrogen) atoms. The molecule has 5 nitrogen and oxygen atoms in total. The molecule has 0 unspecified atom stereocenters. The van der Waals surface area contributed by atoms with Gasteiger partial charge in [0.15, 0.2) is 4.47 Å². The third kappa shape index (κ3) is 4.09. The molecule has 1 N–H and O–H groups in total. The maximum absolute atomic E-state index is 12.6. The molecule has 1 aromatic heterocycles. The molecule has 7 heteroatoms. The van der Waals surface area contributed by atoms with E-state index in [0.29, 0.717) is 20.7 Å². The van der Waals surface area contributed by atoms with E-state index in [1.807, 2.05) is 48.5 Å². The predicted molar refractivity (Wildman–Crippen MR) is 106 cm³/mol. The van der Waals surface area contributed by atoms with Crippen molar-refractivity contribution in [3.63, 3.8) is 0 Å². The fraction of sp³-hybridized carbons (Fsp3) is 0.105. The van der Waals surface area contributed by atoms with Gasteiger partial charge >= 0.3 is 0 Å². The van der Waals surface area contributed by atoms with Crippen LogP contribution in [0.25, 0.3) is 11.1 Å². The molecule has 0 atom stereocenters. The van der Waals surface area contributed by atoms with Crippen molar-refractivity contribution < 1.29 is 9.63 Å². The number of rotatable bonds is 5. The number of hydrogen-bond acceptors (Lipinski definition) is 5. The van der Waals surface area contributed by atoms with Crippen LogP contribution in [0.1, 0.15) is 20.9 Å². The monoisotopic (exact) mass is 385 g/mol. The molecule has 0 aliphatic carbocycles. The standard InChI is InChI=1S/C19H16ClN3O2S/c1-12-17(26-19(20)22-12)18(24)23-16-9-4-3-8-15(16)14-7-5-6-13(10-14)11-21-25-2/h3-11H,1-2H3,(H,23,24). The zero-order valence-corrected chi connectivity index (χ0v) is 15.8. The SMILES string of the molecule is CON=Cc1cccc(-c2ccccc2NC(=O)c2sc(Cl)nc2C)c1. The quantitative estimate of drug-likeness (QED) is 0.496. The summed E-state index contributed by atoms with van der Waals surface area (Å²) in [7, 11) is 1.50. The van der Waals surface area contributed by atoms with E-state index in [2.05, 4.69) is 15.5 Å². The van der Waals surface area contributed by atoms with Crippen LogP contribution < -0.4 is 5.32 Å². The van der Waals surface area contributed by atoms with Crippen molar-refractivity contribution in [1.82, 2.24) is 4.98 Å². The number of benzene rings is 2. The molecular weight excluding hydrogens is 370 g/mol. The van der Waals surface area contributed by atoms with Gasteiger partial charge < -0.3 is 10.2 Å². The first-order chi connectivity index (χ1) is 12.6. The highest BCUT2D eigenvalue weighted by molar-refractivity contribution is 7.17. The number of carbonyl (C=O) groups excluding carboxylic acids is 1. The van der Waals surface area contributed by atoms with Gasteiger partial charge in [0, 0.05) is 11.3 Å². The van der Waals surface area contributed by atoms with E-state index < -0.39 is 0 Å². The van der Waals surface area contributed by atoms with Gasteiger partial charge in [-0.3, -0.25) is 4.79 Å². The number of carbonyl (C=O) groups is 1. The predicted octanol–water partition coefficient (Wildman–Crippen LogP) is 5.00. The number of halogens is 1. The lowest BCUT2D eigenvalue weighted by Gasteiger charge is -2.11. The Balaban J connectivity index is 1.93. The summed E-state index contributed by atoms with van der Waals surface area (Å²) >= 11 is 7.07. The Morgan fingerprint density at radius 3 is 2.81 bits per heavy atom. The number of oxime groups is 1. The molecular formula is C19H16ClN3O2S. The minimum atomic E-state index is -0.226. The molecule has 3 rings (SSSR count). The van der Waals surface area contributed by atoms with Crippen LogP contribution in [-0.2, 0) is 4.84 Å². The van der Waals surface area contributed by atoms with Gasteiger partial charge in [-0.25, -0.2) is 4.98 Å². The van der Waals surface area contributed by atoms with Crippen molar-refractivity contribution in [3.8, 4) is 11.1 Å². The first-order valence-corrected chi connectivity index (χ1v) is 8.98. The number of aromatic nitrogens is 1. The number of anilines is 1. The summed E-state index contributed by atoms with van der Waals surface area (Å²) < 4.78 is 0.353. The minimum Gasteiger partial charge on any atom is -0.399 e. The maximum Gasteiger partial charge on any atom is 0.267 e. The van der Waals surface area contributed by atoms with E-state index in [0.717, 1.165) is 16.7 Å². The average molecular weight is 386 g/mol. The first-order valence-electron chi connectivity index (χ1n) is 7.78. The Morgan fingerprint density at radius 1 is 1.27 bits per heavy atom. The third-order valence-corrected chi connectivity index (χ3v) is 4.92. The average Bonchev–Trinajstić information content (AvgIpc) is 2.99. The second-order valence-electron chi connectivity index (χ2n) is 5.42. The van der Waals surface area contributed by atoms with E-state index in [1.165, 1.54) is 18.4 Å². The summed E-state index contributed by atoms with van der Waals surface area (Å²) in [6, 6.07) is 15.4. The van der Waals surface area contributed by atoms with Gasteiger partial charge in [-0.05, 0) is 30.2 Å². The summed E-state index contributed by atoms with van der Waals surface area (Å²) in [5.74, 6) is -0.226. The van der Waals surface area contributed by atoms with E-state index in [-0.39, 0.29) is 5.91 Å². The lowest BCUT2D eigenvalue weighted by atomic mass is 10.0. The van der Waals surface area contributed by atoms with Gasteiger partial charge in [0.2, 0.25) is 0 Å². The molecule has 0 saturated heterocycles. The third-order valence-electron chi connectivity index (χ3n) is 3.66. The largest absolute Gasteiger partial charge is 0.399 e. The Labute approximate surface area is 160 Å². The van der Waals surface area contributed by atoms with Crippen molar-refractivity contribution in [2.45, 2.75) is 6.92 Å². The second kappa shape index (κ2) is 8.12. The molecule has 0 fully saturated rings. The van der Waals surface area contributed by atoms with Crippen LogP contribution in [0.5, 0.6) is 0 Å². The molecule has 132 valence electrons. The fourth-order valence-electron chi connectivity index (χ4n) is 2.50. The fourth-order valence-corrected chi connectivity index (χ4v) is 3.54. The molecule has 2 aromatic carbocycles. The number of nitrogens with one attached hydrogen (secondary N) is 1.